The van der Waals surface area contributed by atoms with Gasteiger partial charge >= 0.3 is 0 Å². The molecule has 0 amide bonds. The number of hydrogen-bond donors (Lipinski definition) is 0. The number of imidazole rings is 1. The molecule has 0 aliphatic heterocycles. The third-order valence-corrected chi connectivity index (χ3v) is 3.66. The van der Waals surface area contributed by atoms with Crippen LogP contribution in [0.25, 0.3) is 16.9 Å². The molecule has 0 N–H and O–H groups in total. The van der Waals surface area contributed by atoms with Crippen LogP contribution in [0, 0.1) is 18.8 Å². The molecule has 0 aliphatic rings. The highest BCUT2D eigenvalue weighted by molar-refractivity contribution is 5.79. The van der Waals surface area contributed by atoms with E-state index in [4.69, 9.17) is 4.74 Å². The van der Waals surface area contributed by atoms with Crippen LogP contribution < -0.4 is 4.74 Å². The van der Waals surface area contributed by atoms with Crippen molar-refractivity contribution in [2.75, 3.05) is 7.11 Å². The molecular formula is C16H15N3O2. The summed E-state index contributed by atoms with van der Waals surface area (Å²) in [6, 6.07) is 9.47. The molecule has 3 aromatic rings. The van der Waals surface area contributed by atoms with Crippen molar-refractivity contribution in [3.8, 4) is 17.0 Å². The number of hydrogen-bond acceptors (Lipinski definition) is 4. The molecule has 0 atom stereocenters. The first-order valence-corrected chi connectivity index (χ1v) is 6.61. The van der Waals surface area contributed by atoms with Crippen molar-refractivity contribution in [3.63, 3.8) is 0 Å². The van der Waals surface area contributed by atoms with Crippen molar-refractivity contribution in [2.45, 2.75) is 13.8 Å². The summed E-state index contributed by atoms with van der Waals surface area (Å²) >= 11 is 0. The van der Waals surface area contributed by atoms with E-state index in [-0.39, 0.29) is 5.82 Å². The fraction of sp³-hybridized carbons (Fsp3) is 0.188. The summed E-state index contributed by atoms with van der Waals surface area (Å²) < 4.78 is 7.12. The summed E-state index contributed by atoms with van der Waals surface area (Å²) in [6.07, 6.45) is 1.77. The van der Waals surface area contributed by atoms with Gasteiger partial charge in [-0.05, 0) is 54.4 Å². The van der Waals surface area contributed by atoms with E-state index in [1.807, 2.05) is 44.2 Å². The lowest BCUT2D eigenvalue weighted by Gasteiger charge is -2.10. The Morgan fingerprint density at radius 3 is 2.67 bits per heavy atom. The van der Waals surface area contributed by atoms with Gasteiger partial charge in [0.1, 0.15) is 17.1 Å². The van der Waals surface area contributed by atoms with Crippen LogP contribution in [0.1, 0.15) is 11.1 Å². The van der Waals surface area contributed by atoms with Crippen LogP contribution in [-0.2, 0) is 0 Å². The smallest absolute Gasteiger partial charge is 0.209 e. The van der Waals surface area contributed by atoms with Crippen LogP contribution in [-0.4, -0.2) is 16.5 Å². The highest BCUT2D eigenvalue weighted by atomic mass is 16.5. The lowest BCUT2D eigenvalue weighted by atomic mass is 10.0. The van der Waals surface area contributed by atoms with Crippen molar-refractivity contribution in [3.05, 3.63) is 52.6 Å². The van der Waals surface area contributed by atoms with Gasteiger partial charge in [0.25, 0.3) is 0 Å². The molecule has 3 rings (SSSR count). The van der Waals surface area contributed by atoms with E-state index in [9.17, 15) is 4.91 Å². The first kappa shape index (κ1) is 13.3. The maximum atomic E-state index is 11.3. The minimum atomic E-state index is 0.284. The molecule has 0 saturated heterocycles. The molecule has 0 unspecified atom stereocenters. The molecule has 5 nitrogen and oxygen atoms in total. The number of aromatic nitrogens is 2. The molecule has 2 heterocycles. The predicted octanol–water partition coefficient (Wildman–Crippen LogP) is 4.02. The Labute approximate surface area is 122 Å². The van der Waals surface area contributed by atoms with Gasteiger partial charge in [0, 0.05) is 11.8 Å². The molecule has 0 bridgehead atoms. The number of rotatable bonds is 3. The van der Waals surface area contributed by atoms with E-state index in [0.29, 0.717) is 17.1 Å². The molecule has 0 fully saturated rings. The van der Waals surface area contributed by atoms with E-state index in [2.05, 4.69) is 10.2 Å². The summed E-state index contributed by atoms with van der Waals surface area (Å²) in [4.78, 5) is 15.8. The van der Waals surface area contributed by atoms with E-state index in [1.165, 1.54) is 0 Å². The van der Waals surface area contributed by atoms with Crippen molar-refractivity contribution in [1.29, 1.82) is 0 Å². The van der Waals surface area contributed by atoms with Crippen LogP contribution in [0.2, 0.25) is 0 Å². The standard InChI is InChI=1S/C16H15N3O2/c1-10-8-12(13(21-3)9-11(10)2)15-16(18-20)19-7-5-4-6-14(19)17-15/h4-9H,1-3H3. The van der Waals surface area contributed by atoms with Crippen molar-refractivity contribution >= 4 is 11.5 Å². The SMILES string of the molecule is COc1cc(C)c(C)cc1-c1nc2ccccn2c1N=O. The zero-order chi connectivity index (χ0) is 15.0. The minimum Gasteiger partial charge on any atom is -0.496 e. The summed E-state index contributed by atoms with van der Waals surface area (Å²) in [7, 11) is 1.61. The second-order valence-corrected chi connectivity index (χ2v) is 4.94. The van der Waals surface area contributed by atoms with Gasteiger partial charge < -0.3 is 4.74 Å². The van der Waals surface area contributed by atoms with Gasteiger partial charge in [0.15, 0.2) is 0 Å². The molecule has 0 radical (unpaired) electrons. The summed E-state index contributed by atoms with van der Waals surface area (Å²) in [5.41, 5.74) is 4.23. The third-order valence-electron chi connectivity index (χ3n) is 3.66. The van der Waals surface area contributed by atoms with Gasteiger partial charge in [-0.2, -0.15) is 0 Å². The van der Waals surface area contributed by atoms with Gasteiger partial charge in [-0.3, -0.25) is 4.40 Å². The topological polar surface area (TPSA) is 56.0 Å². The van der Waals surface area contributed by atoms with Gasteiger partial charge in [0.05, 0.1) is 7.11 Å². The van der Waals surface area contributed by atoms with Crippen LogP contribution in [0.3, 0.4) is 0 Å². The van der Waals surface area contributed by atoms with E-state index >= 15 is 0 Å². The van der Waals surface area contributed by atoms with Gasteiger partial charge in [0.2, 0.25) is 5.82 Å². The van der Waals surface area contributed by atoms with Crippen molar-refractivity contribution < 1.29 is 4.74 Å². The highest BCUT2D eigenvalue weighted by Crippen LogP contribution is 2.37. The number of benzene rings is 1. The Morgan fingerprint density at radius 2 is 1.95 bits per heavy atom. The zero-order valence-electron chi connectivity index (χ0n) is 12.1. The van der Waals surface area contributed by atoms with Crippen molar-refractivity contribution in [2.24, 2.45) is 5.18 Å². The number of nitrogens with zero attached hydrogens (tertiary/aromatic N) is 3. The fourth-order valence-electron chi connectivity index (χ4n) is 2.39. The quantitative estimate of drug-likeness (QED) is 0.681. The number of nitroso groups, excluding NO2 is 1. The number of methoxy groups -OCH3 is 1. The van der Waals surface area contributed by atoms with Crippen LogP contribution >= 0.6 is 0 Å². The molecular weight excluding hydrogens is 266 g/mol. The molecule has 0 aliphatic carbocycles. The van der Waals surface area contributed by atoms with Crippen LogP contribution in [0.15, 0.2) is 41.7 Å². The van der Waals surface area contributed by atoms with Crippen molar-refractivity contribution in [1.82, 2.24) is 9.38 Å². The Balaban J connectivity index is 2.35. The lowest BCUT2D eigenvalue weighted by Crippen LogP contribution is -1.92. The summed E-state index contributed by atoms with van der Waals surface area (Å²) in [6.45, 7) is 4.03. The van der Waals surface area contributed by atoms with Gasteiger partial charge in [-0.25, -0.2) is 4.98 Å². The molecule has 0 spiro atoms. The Morgan fingerprint density at radius 1 is 1.19 bits per heavy atom. The second-order valence-electron chi connectivity index (χ2n) is 4.94. The van der Waals surface area contributed by atoms with E-state index < -0.39 is 0 Å². The average molecular weight is 281 g/mol. The number of fused-ring (bicyclic) bond motifs is 1. The average Bonchev–Trinajstić information content (AvgIpc) is 2.87. The summed E-state index contributed by atoms with van der Waals surface area (Å²) in [5, 5.41) is 3.16. The fourth-order valence-corrected chi connectivity index (χ4v) is 2.39. The van der Waals surface area contributed by atoms with Crippen LogP contribution in [0.4, 0.5) is 5.82 Å². The normalized spacial score (nSPS) is 10.8. The third kappa shape index (κ3) is 2.07. The largest absolute Gasteiger partial charge is 0.496 e. The molecule has 1 aromatic carbocycles. The monoisotopic (exact) mass is 281 g/mol. The minimum absolute atomic E-state index is 0.284. The highest BCUT2D eigenvalue weighted by Gasteiger charge is 2.18. The zero-order valence-corrected chi connectivity index (χ0v) is 12.1. The first-order chi connectivity index (χ1) is 10.2. The van der Waals surface area contributed by atoms with Crippen LogP contribution in [0.5, 0.6) is 5.75 Å². The molecule has 5 heteroatoms. The van der Waals surface area contributed by atoms with E-state index in [1.54, 1.807) is 17.7 Å². The van der Waals surface area contributed by atoms with Gasteiger partial charge in [-0.15, -0.1) is 4.91 Å². The lowest BCUT2D eigenvalue weighted by molar-refractivity contribution is 0.416. The van der Waals surface area contributed by atoms with E-state index in [0.717, 1.165) is 16.7 Å². The number of ether oxygens (including phenoxy) is 1. The second kappa shape index (κ2) is 5.01. The predicted molar refractivity (Wildman–Crippen MR) is 82.1 cm³/mol. The molecule has 2 aromatic heterocycles. The number of aryl methyl sites for hydroxylation is 2. The Kier molecular flexibility index (Phi) is 3.17. The maximum Gasteiger partial charge on any atom is 0.209 e. The van der Waals surface area contributed by atoms with Gasteiger partial charge in [-0.1, -0.05) is 6.07 Å². The molecule has 21 heavy (non-hydrogen) atoms. The molecule has 106 valence electrons. The summed E-state index contributed by atoms with van der Waals surface area (Å²) in [5.74, 6) is 0.971. The first-order valence-electron chi connectivity index (χ1n) is 6.61. The molecule has 0 saturated carbocycles. The Bertz CT molecular complexity index is 837. The maximum absolute atomic E-state index is 11.3. The number of pyridine rings is 1. The Hall–Kier alpha value is -2.69.